The van der Waals surface area contributed by atoms with Gasteiger partial charge in [0.05, 0.1) is 6.61 Å². The van der Waals surface area contributed by atoms with Crippen LogP contribution < -0.4 is 0 Å². The molecule has 0 radical (unpaired) electrons. The molecule has 0 bridgehead atoms. The van der Waals surface area contributed by atoms with Crippen molar-refractivity contribution in [2.75, 3.05) is 6.61 Å². The molecule has 1 aliphatic heterocycles. The molecule has 1 aliphatic rings. The molecular weight excluding hydrogens is 192 g/mol. The monoisotopic (exact) mass is 208 g/mol. The third-order valence-corrected chi connectivity index (χ3v) is 2.74. The quantitative estimate of drug-likeness (QED) is 0.694. The lowest BCUT2D eigenvalue weighted by Crippen LogP contribution is -2.17. The van der Waals surface area contributed by atoms with Crippen molar-refractivity contribution in [1.29, 1.82) is 0 Å². The Morgan fingerprint density at radius 2 is 2.53 bits per heavy atom. The summed E-state index contributed by atoms with van der Waals surface area (Å²) in [4.78, 5) is 11.4. The van der Waals surface area contributed by atoms with Crippen LogP contribution in [0.3, 0.4) is 0 Å². The highest BCUT2D eigenvalue weighted by atomic mass is 16.5. The second-order valence-electron chi connectivity index (χ2n) is 4.06. The van der Waals surface area contributed by atoms with E-state index in [9.17, 15) is 4.79 Å². The number of esters is 1. The molecule has 0 N–H and O–H groups in total. The number of rotatable bonds is 2. The van der Waals surface area contributed by atoms with Crippen LogP contribution in [0.15, 0.2) is 6.07 Å². The second kappa shape index (κ2) is 4.04. The molecule has 2 rings (SSSR count). The molecule has 0 saturated heterocycles. The van der Waals surface area contributed by atoms with E-state index in [0.29, 0.717) is 18.2 Å². The summed E-state index contributed by atoms with van der Waals surface area (Å²) in [6.45, 7) is 5.34. The van der Waals surface area contributed by atoms with Gasteiger partial charge in [-0.2, -0.15) is 5.10 Å². The summed E-state index contributed by atoms with van der Waals surface area (Å²) in [5.74, 6) is 0.372. The Labute approximate surface area is 89.2 Å². The summed E-state index contributed by atoms with van der Waals surface area (Å²) in [5, 5.41) is 4.25. The lowest BCUT2D eigenvalue weighted by atomic mass is 9.98. The molecular formula is C11H16N2O2. The SMILES string of the molecule is CCOC(=O)c1cc2n(n1)CCC(C)C2. The Morgan fingerprint density at radius 1 is 1.73 bits per heavy atom. The summed E-state index contributed by atoms with van der Waals surface area (Å²) in [6, 6.07) is 1.85. The normalized spacial score (nSPS) is 19.7. The van der Waals surface area contributed by atoms with E-state index >= 15 is 0 Å². The molecule has 4 heteroatoms. The molecule has 0 aromatic carbocycles. The van der Waals surface area contributed by atoms with Gasteiger partial charge in [0.1, 0.15) is 0 Å². The van der Waals surface area contributed by atoms with Crippen molar-refractivity contribution in [2.24, 2.45) is 5.92 Å². The number of aryl methyl sites for hydroxylation is 1. The maximum atomic E-state index is 11.4. The summed E-state index contributed by atoms with van der Waals surface area (Å²) in [7, 11) is 0. The van der Waals surface area contributed by atoms with Gasteiger partial charge in [-0.25, -0.2) is 4.79 Å². The predicted molar refractivity (Wildman–Crippen MR) is 55.7 cm³/mol. The number of aromatic nitrogens is 2. The van der Waals surface area contributed by atoms with Crippen molar-refractivity contribution in [3.05, 3.63) is 17.5 Å². The van der Waals surface area contributed by atoms with E-state index < -0.39 is 0 Å². The van der Waals surface area contributed by atoms with E-state index in [4.69, 9.17) is 4.74 Å². The van der Waals surface area contributed by atoms with E-state index in [1.807, 2.05) is 10.7 Å². The molecule has 15 heavy (non-hydrogen) atoms. The smallest absolute Gasteiger partial charge is 0.358 e. The number of hydrogen-bond acceptors (Lipinski definition) is 3. The van der Waals surface area contributed by atoms with Crippen molar-refractivity contribution in [3.63, 3.8) is 0 Å². The summed E-state index contributed by atoms with van der Waals surface area (Å²) >= 11 is 0. The first-order chi connectivity index (χ1) is 7.20. The van der Waals surface area contributed by atoms with E-state index in [0.717, 1.165) is 25.1 Å². The molecule has 1 aromatic rings. The van der Waals surface area contributed by atoms with E-state index in [2.05, 4.69) is 12.0 Å². The van der Waals surface area contributed by atoms with Crippen molar-refractivity contribution >= 4 is 5.97 Å². The largest absolute Gasteiger partial charge is 0.461 e. The van der Waals surface area contributed by atoms with Crippen LogP contribution in [0.4, 0.5) is 0 Å². The molecule has 0 saturated carbocycles. The number of ether oxygens (including phenoxy) is 1. The van der Waals surface area contributed by atoms with E-state index in [-0.39, 0.29) is 5.97 Å². The first-order valence-corrected chi connectivity index (χ1v) is 5.44. The van der Waals surface area contributed by atoms with Gasteiger partial charge in [-0.15, -0.1) is 0 Å². The molecule has 2 heterocycles. The summed E-state index contributed by atoms with van der Waals surface area (Å²) in [5.41, 5.74) is 1.60. The molecule has 1 unspecified atom stereocenters. The first kappa shape index (κ1) is 10.2. The topological polar surface area (TPSA) is 44.1 Å². The van der Waals surface area contributed by atoms with Gasteiger partial charge < -0.3 is 4.74 Å². The van der Waals surface area contributed by atoms with Gasteiger partial charge in [0.2, 0.25) is 0 Å². The standard InChI is InChI=1S/C11H16N2O2/c1-3-15-11(14)10-7-9-6-8(2)4-5-13(9)12-10/h7-8H,3-6H2,1-2H3. The maximum Gasteiger partial charge on any atom is 0.358 e. The highest BCUT2D eigenvalue weighted by molar-refractivity contribution is 5.87. The third-order valence-electron chi connectivity index (χ3n) is 2.74. The van der Waals surface area contributed by atoms with Gasteiger partial charge in [0.15, 0.2) is 5.69 Å². The molecule has 4 nitrogen and oxygen atoms in total. The van der Waals surface area contributed by atoms with Crippen molar-refractivity contribution in [1.82, 2.24) is 9.78 Å². The summed E-state index contributed by atoms with van der Waals surface area (Å²) < 4.78 is 6.84. The lowest BCUT2D eigenvalue weighted by Gasteiger charge is -2.18. The molecule has 0 amide bonds. The highest BCUT2D eigenvalue weighted by Crippen LogP contribution is 2.20. The fourth-order valence-corrected chi connectivity index (χ4v) is 1.92. The Balaban J connectivity index is 2.19. The maximum absolute atomic E-state index is 11.4. The molecule has 0 spiro atoms. The molecule has 1 aromatic heterocycles. The van der Waals surface area contributed by atoms with E-state index in [1.54, 1.807) is 6.92 Å². The third kappa shape index (κ3) is 2.03. The number of carbonyl (C=O) groups is 1. The van der Waals surface area contributed by atoms with E-state index in [1.165, 1.54) is 0 Å². The zero-order chi connectivity index (χ0) is 10.8. The number of hydrogen-bond donors (Lipinski definition) is 0. The van der Waals surface area contributed by atoms with Crippen LogP contribution in [0.1, 0.15) is 36.5 Å². The lowest BCUT2D eigenvalue weighted by molar-refractivity contribution is 0.0518. The average molecular weight is 208 g/mol. The Hall–Kier alpha value is -1.32. The van der Waals surface area contributed by atoms with Crippen molar-refractivity contribution < 1.29 is 9.53 Å². The minimum Gasteiger partial charge on any atom is -0.461 e. The number of fused-ring (bicyclic) bond motifs is 1. The fourth-order valence-electron chi connectivity index (χ4n) is 1.92. The molecule has 82 valence electrons. The molecule has 0 aliphatic carbocycles. The minimum absolute atomic E-state index is 0.313. The van der Waals surface area contributed by atoms with Crippen molar-refractivity contribution in [3.8, 4) is 0 Å². The summed E-state index contributed by atoms with van der Waals surface area (Å²) in [6.07, 6.45) is 2.14. The van der Waals surface area contributed by atoms with Crippen LogP contribution in [-0.4, -0.2) is 22.4 Å². The van der Waals surface area contributed by atoms with Gasteiger partial charge in [0.25, 0.3) is 0 Å². The zero-order valence-corrected chi connectivity index (χ0v) is 9.19. The Kier molecular flexibility index (Phi) is 2.75. The van der Waals surface area contributed by atoms with Crippen LogP contribution >= 0.6 is 0 Å². The first-order valence-electron chi connectivity index (χ1n) is 5.44. The van der Waals surface area contributed by atoms with Crippen LogP contribution in [0.5, 0.6) is 0 Å². The van der Waals surface area contributed by atoms with Crippen molar-refractivity contribution in [2.45, 2.75) is 33.2 Å². The molecule has 0 fully saturated rings. The van der Waals surface area contributed by atoms with Gasteiger partial charge >= 0.3 is 5.97 Å². The van der Waals surface area contributed by atoms with Gasteiger partial charge in [-0.3, -0.25) is 4.68 Å². The van der Waals surface area contributed by atoms with Gasteiger partial charge in [-0.1, -0.05) is 6.92 Å². The second-order valence-corrected chi connectivity index (χ2v) is 4.06. The Bertz CT molecular complexity index is 371. The molecule has 1 atom stereocenters. The average Bonchev–Trinajstić information content (AvgIpc) is 2.60. The van der Waals surface area contributed by atoms with Crippen LogP contribution in [0, 0.1) is 5.92 Å². The number of carbonyl (C=O) groups excluding carboxylic acids is 1. The fraction of sp³-hybridized carbons (Fsp3) is 0.636. The van der Waals surface area contributed by atoms with Gasteiger partial charge in [-0.05, 0) is 31.7 Å². The minimum atomic E-state index is -0.313. The Morgan fingerprint density at radius 3 is 3.27 bits per heavy atom. The van der Waals surface area contributed by atoms with Crippen LogP contribution in [0.25, 0.3) is 0 Å². The highest BCUT2D eigenvalue weighted by Gasteiger charge is 2.20. The van der Waals surface area contributed by atoms with Gasteiger partial charge in [0, 0.05) is 12.2 Å². The number of nitrogens with zero attached hydrogens (tertiary/aromatic N) is 2. The van der Waals surface area contributed by atoms with Crippen LogP contribution in [-0.2, 0) is 17.7 Å². The predicted octanol–water partition coefficient (Wildman–Crippen LogP) is 1.64. The van der Waals surface area contributed by atoms with Crippen LogP contribution in [0.2, 0.25) is 0 Å². The zero-order valence-electron chi connectivity index (χ0n) is 9.19.